The maximum Gasteiger partial charge on any atom is 0.339 e. The monoisotopic (exact) mass is 211 g/mol. The van der Waals surface area contributed by atoms with E-state index in [0.717, 1.165) is 25.0 Å². The number of nitrogen functional groups attached to an aromatic ring is 1. The summed E-state index contributed by atoms with van der Waals surface area (Å²) < 4.78 is 18.3. The normalized spacial score (nSPS) is 15.0. The van der Waals surface area contributed by atoms with Gasteiger partial charge in [0.05, 0.1) is 11.8 Å². The van der Waals surface area contributed by atoms with E-state index < -0.39 is 11.8 Å². The Bertz CT molecular complexity index is 415. The number of hydrogen-bond donors (Lipinski definition) is 2. The molecule has 2 rings (SSSR count). The Labute approximate surface area is 85.5 Å². The van der Waals surface area contributed by atoms with Crippen LogP contribution >= 0.6 is 0 Å². The number of hydrogen-bond acceptors (Lipinski definition) is 3. The molecule has 0 atom stereocenters. The van der Waals surface area contributed by atoms with Crippen LogP contribution in [0.2, 0.25) is 0 Å². The van der Waals surface area contributed by atoms with Crippen LogP contribution in [0.4, 0.5) is 10.1 Å². The van der Waals surface area contributed by atoms with Gasteiger partial charge in [0.1, 0.15) is 11.4 Å². The molecule has 1 aromatic rings. The molecule has 1 aliphatic carbocycles. The number of nitrogens with two attached hydrogens (primary N) is 1. The van der Waals surface area contributed by atoms with Crippen molar-refractivity contribution >= 4 is 11.7 Å². The van der Waals surface area contributed by atoms with Crippen LogP contribution in [-0.2, 0) is 0 Å². The first-order valence-electron chi connectivity index (χ1n) is 4.57. The molecule has 15 heavy (non-hydrogen) atoms. The molecule has 0 aromatic heterocycles. The summed E-state index contributed by atoms with van der Waals surface area (Å²) >= 11 is 0. The van der Waals surface area contributed by atoms with Gasteiger partial charge < -0.3 is 15.6 Å². The number of ether oxygens (including phenoxy) is 1. The molecule has 0 radical (unpaired) electrons. The number of anilines is 1. The van der Waals surface area contributed by atoms with Gasteiger partial charge in [-0.25, -0.2) is 9.18 Å². The Morgan fingerprint density at radius 3 is 2.73 bits per heavy atom. The SMILES string of the molecule is Nc1cc(F)cc(C(=O)O)c1OC1CC1. The summed E-state index contributed by atoms with van der Waals surface area (Å²) in [5, 5.41) is 8.85. The molecule has 3 N–H and O–H groups in total. The van der Waals surface area contributed by atoms with Crippen molar-refractivity contribution in [3.63, 3.8) is 0 Å². The van der Waals surface area contributed by atoms with Crippen LogP contribution in [0.3, 0.4) is 0 Å². The number of carbonyl (C=O) groups is 1. The summed E-state index contributed by atoms with van der Waals surface area (Å²) in [5.74, 6) is -1.84. The van der Waals surface area contributed by atoms with Crippen molar-refractivity contribution in [1.29, 1.82) is 0 Å². The minimum Gasteiger partial charge on any atom is -0.487 e. The van der Waals surface area contributed by atoms with E-state index in [0.29, 0.717) is 0 Å². The lowest BCUT2D eigenvalue weighted by Crippen LogP contribution is -2.08. The molecule has 0 heterocycles. The third kappa shape index (κ3) is 2.01. The van der Waals surface area contributed by atoms with Crippen molar-refractivity contribution in [3.05, 3.63) is 23.5 Å². The van der Waals surface area contributed by atoms with Crippen LogP contribution in [0.25, 0.3) is 0 Å². The Morgan fingerprint density at radius 1 is 1.53 bits per heavy atom. The predicted octanol–water partition coefficient (Wildman–Crippen LogP) is 1.65. The van der Waals surface area contributed by atoms with Gasteiger partial charge in [-0.15, -0.1) is 0 Å². The van der Waals surface area contributed by atoms with Gasteiger partial charge in [-0.05, 0) is 18.9 Å². The van der Waals surface area contributed by atoms with Crippen LogP contribution in [0.5, 0.6) is 5.75 Å². The third-order valence-electron chi connectivity index (χ3n) is 2.12. The zero-order chi connectivity index (χ0) is 11.0. The maximum atomic E-state index is 12.9. The van der Waals surface area contributed by atoms with Crippen LogP contribution in [0.1, 0.15) is 23.2 Å². The summed E-state index contributed by atoms with van der Waals surface area (Å²) in [4.78, 5) is 10.8. The molecule has 0 bridgehead atoms. The Morgan fingerprint density at radius 2 is 2.20 bits per heavy atom. The van der Waals surface area contributed by atoms with Gasteiger partial charge in [-0.2, -0.15) is 0 Å². The van der Waals surface area contributed by atoms with E-state index in [2.05, 4.69) is 0 Å². The largest absolute Gasteiger partial charge is 0.487 e. The van der Waals surface area contributed by atoms with Gasteiger partial charge in [0.25, 0.3) is 0 Å². The van der Waals surface area contributed by atoms with E-state index in [1.165, 1.54) is 0 Å². The molecular weight excluding hydrogens is 201 g/mol. The van der Waals surface area contributed by atoms with Crippen LogP contribution in [0.15, 0.2) is 12.1 Å². The van der Waals surface area contributed by atoms with Crippen LogP contribution < -0.4 is 10.5 Å². The average molecular weight is 211 g/mol. The topological polar surface area (TPSA) is 72.6 Å². The summed E-state index contributed by atoms with van der Waals surface area (Å²) in [6, 6.07) is 1.97. The summed E-state index contributed by atoms with van der Waals surface area (Å²) in [5.41, 5.74) is 5.31. The second-order valence-electron chi connectivity index (χ2n) is 3.49. The first-order chi connectivity index (χ1) is 7.08. The number of aromatic carboxylic acids is 1. The molecule has 0 unspecified atom stereocenters. The molecule has 5 heteroatoms. The van der Waals surface area contributed by atoms with E-state index in [1.807, 2.05) is 0 Å². The highest BCUT2D eigenvalue weighted by molar-refractivity contribution is 5.93. The van der Waals surface area contributed by atoms with Gasteiger partial charge in [-0.1, -0.05) is 0 Å². The summed E-state index contributed by atoms with van der Waals surface area (Å²) in [6.07, 6.45) is 1.79. The minimum atomic E-state index is -1.24. The fraction of sp³-hybridized carbons (Fsp3) is 0.300. The van der Waals surface area contributed by atoms with Crippen molar-refractivity contribution in [2.75, 3.05) is 5.73 Å². The standard InChI is InChI=1S/C10H10FNO3/c11-5-3-7(10(13)14)9(8(12)4-5)15-6-1-2-6/h3-4,6H,1-2,12H2,(H,13,14). The Kier molecular flexibility index (Phi) is 2.22. The second kappa shape index (κ2) is 3.42. The second-order valence-corrected chi connectivity index (χ2v) is 3.49. The van der Waals surface area contributed by atoms with Gasteiger partial charge in [0, 0.05) is 6.07 Å². The lowest BCUT2D eigenvalue weighted by Gasteiger charge is -2.10. The number of carboxylic acid groups (broad SMARTS) is 1. The van der Waals surface area contributed by atoms with Crippen molar-refractivity contribution in [2.45, 2.75) is 18.9 Å². The van der Waals surface area contributed by atoms with E-state index >= 15 is 0 Å². The molecule has 80 valence electrons. The van der Waals surface area contributed by atoms with Gasteiger partial charge in [0.15, 0.2) is 5.75 Å². The molecule has 1 aromatic carbocycles. The fourth-order valence-electron chi connectivity index (χ4n) is 1.26. The van der Waals surface area contributed by atoms with Crippen molar-refractivity contribution in [1.82, 2.24) is 0 Å². The van der Waals surface area contributed by atoms with Crippen molar-refractivity contribution in [3.8, 4) is 5.75 Å². The average Bonchev–Trinajstić information content (AvgIpc) is 2.92. The van der Waals surface area contributed by atoms with Crippen LogP contribution in [0, 0.1) is 5.82 Å². The molecule has 0 spiro atoms. The third-order valence-corrected chi connectivity index (χ3v) is 2.12. The molecule has 0 aliphatic heterocycles. The lowest BCUT2D eigenvalue weighted by atomic mass is 10.1. The number of benzene rings is 1. The van der Waals surface area contributed by atoms with E-state index in [1.54, 1.807) is 0 Å². The summed E-state index contributed by atoms with van der Waals surface area (Å²) in [6.45, 7) is 0. The maximum absolute atomic E-state index is 12.9. The fourth-order valence-corrected chi connectivity index (χ4v) is 1.26. The highest BCUT2D eigenvalue weighted by Crippen LogP contribution is 2.34. The van der Waals surface area contributed by atoms with E-state index in [-0.39, 0.29) is 23.1 Å². The molecule has 0 saturated heterocycles. The first-order valence-corrected chi connectivity index (χ1v) is 4.57. The van der Waals surface area contributed by atoms with Gasteiger partial charge >= 0.3 is 5.97 Å². The van der Waals surface area contributed by atoms with Crippen molar-refractivity contribution < 1.29 is 19.0 Å². The number of carboxylic acids is 1. The highest BCUT2D eigenvalue weighted by Gasteiger charge is 2.27. The Balaban J connectivity index is 2.42. The summed E-state index contributed by atoms with van der Waals surface area (Å²) in [7, 11) is 0. The molecule has 0 amide bonds. The van der Waals surface area contributed by atoms with Gasteiger partial charge in [-0.3, -0.25) is 0 Å². The minimum absolute atomic E-state index is 0.0239. The zero-order valence-electron chi connectivity index (χ0n) is 7.87. The van der Waals surface area contributed by atoms with E-state index in [9.17, 15) is 9.18 Å². The number of halogens is 1. The van der Waals surface area contributed by atoms with E-state index in [4.69, 9.17) is 15.6 Å². The highest BCUT2D eigenvalue weighted by atomic mass is 19.1. The molecule has 1 fully saturated rings. The van der Waals surface area contributed by atoms with Gasteiger partial charge in [0.2, 0.25) is 0 Å². The Hall–Kier alpha value is -1.78. The lowest BCUT2D eigenvalue weighted by molar-refractivity contribution is 0.0691. The molecule has 4 nitrogen and oxygen atoms in total. The molecular formula is C10H10FNO3. The van der Waals surface area contributed by atoms with Crippen molar-refractivity contribution in [2.24, 2.45) is 0 Å². The van der Waals surface area contributed by atoms with Crippen LogP contribution in [-0.4, -0.2) is 17.2 Å². The smallest absolute Gasteiger partial charge is 0.339 e. The quantitative estimate of drug-likeness (QED) is 0.745. The first kappa shape index (κ1) is 9.76. The molecule has 1 aliphatic rings. The number of rotatable bonds is 3. The zero-order valence-corrected chi connectivity index (χ0v) is 7.87. The molecule has 1 saturated carbocycles. The predicted molar refractivity (Wildman–Crippen MR) is 51.4 cm³/mol.